The Morgan fingerprint density at radius 2 is 2.00 bits per heavy atom. The van der Waals surface area contributed by atoms with Gasteiger partial charge in [0.1, 0.15) is 5.75 Å². The van der Waals surface area contributed by atoms with Gasteiger partial charge in [0.05, 0.1) is 12.1 Å². The van der Waals surface area contributed by atoms with Crippen LogP contribution in [0.4, 0.5) is 13.2 Å². The van der Waals surface area contributed by atoms with Crippen LogP contribution in [0.25, 0.3) is 0 Å². The van der Waals surface area contributed by atoms with Crippen molar-refractivity contribution in [2.24, 2.45) is 5.73 Å². The fraction of sp³-hybridized carbons (Fsp3) is 0.400. The summed E-state index contributed by atoms with van der Waals surface area (Å²) >= 11 is 0. The quantitative estimate of drug-likeness (QED) is 0.842. The monoisotopic (exact) mass is 235 g/mol. The van der Waals surface area contributed by atoms with Crippen LogP contribution in [0, 0.1) is 0 Å². The van der Waals surface area contributed by atoms with Crippen molar-refractivity contribution in [2.45, 2.75) is 25.4 Å². The molecule has 0 fully saturated rings. The molecule has 0 aliphatic heterocycles. The maximum absolute atomic E-state index is 11.9. The fourth-order valence-electron chi connectivity index (χ4n) is 1.20. The number of halogens is 3. The summed E-state index contributed by atoms with van der Waals surface area (Å²) in [6.07, 6.45) is -5.57. The van der Waals surface area contributed by atoms with E-state index < -0.39 is 18.5 Å². The van der Waals surface area contributed by atoms with E-state index in [-0.39, 0.29) is 5.75 Å². The van der Waals surface area contributed by atoms with Gasteiger partial charge < -0.3 is 15.6 Å². The third-order valence-electron chi connectivity index (χ3n) is 2.00. The highest BCUT2D eigenvalue weighted by Gasteiger charge is 2.31. The van der Waals surface area contributed by atoms with Crippen molar-refractivity contribution in [1.29, 1.82) is 0 Å². The molecule has 3 N–H and O–H groups in total. The van der Waals surface area contributed by atoms with Gasteiger partial charge in [-0.2, -0.15) is 0 Å². The third-order valence-corrected chi connectivity index (χ3v) is 2.00. The summed E-state index contributed by atoms with van der Waals surface area (Å²) in [7, 11) is 0. The lowest BCUT2D eigenvalue weighted by atomic mass is 10.0. The Morgan fingerprint density at radius 3 is 2.50 bits per heavy atom. The summed E-state index contributed by atoms with van der Waals surface area (Å²) in [5.41, 5.74) is 5.97. The van der Waals surface area contributed by atoms with Crippen molar-refractivity contribution in [3.63, 3.8) is 0 Å². The van der Waals surface area contributed by atoms with E-state index in [4.69, 9.17) is 5.73 Å². The number of benzene rings is 1. The summed E-state index contributed by atoms with van der Waals surface area (Å²) in [6.45, 7) is 1.46. The second-order valence-electron chi connectivity index (χ2n) is 3.39. The normalized spacial score (nSPS) is 15.6. The number of rotatable bonds is 3. The Hall–Kier alpha value is -1.27. The number of aliphatic hydroxyl groups excluding tert-OH is 1. The van der Waals surface area contributed by atoms with Crippen molar-refractivity contribution in [3.05, 3.63) is 29.8 Å². The summed E-state index contributed by atoms with van der Waals surface area (Å²) in [6, 6.07) is 4.51. The lowest BCUT2D eigenvalue weighted by Crippen LogP contribution is -2.23. The predicted molar refractivity (Wildman–Crippen MR) is 51.7 cm³/mol. The lowest BCUT2D eigenvalue weighted by Gasteiger charge is -2.16. The van der Waals surface area contributed by atoms with Crippen molar-refractivity contribution in [1.82, 2.24) is 0 Å². The van der Waals surface area contributed by atoms with Gasteiger partial charge in [-0.3, -0.25) is 0 Å². The molecular formula is C10H12F3NO2. The van der Waals surface area contributed by atoms with E-state index in [1.54, 1.807) is 0 Å². The molecule has 0 amide bonds. The second kappa shape index (κ2) is 4.71. The first-order valence-electron chi connectivity index (χ1n) is 4.59. The van der Waals surface area contributed by atoms with Crippen LogP contribution in [-0.4, -0.2) is 17.6 Å². The van der Waals surface area contributed by atoms with Crippen molar-refractivity contribution < 1.29 is 23.0 Å². The van der Waals surface area contributed by atoms with Crippen LogP contribution >= 0.6 is 0 Å². The highest BCUT2D eigenvalue weighted by Crippen LogP contribution is 2.25. The number of hydrogen-bond acceptors (Lipinski definition) is 3. The average molecular weight is 235 g/mol. The zero-order valence-corrected chi connectivity index (χ0v) is 8.53. The summed E-state index contributed by atoms with van der Waals surface area (Å²) in [5.74, 6) is -0.346. The Kier molecular flexibility index (Phi) is 3.77. The molecule has 0 spiro atoms. The molecule has 0 aliphatic carbocycles. The molecule has 0 aliphatic rings. The number of nitrogens with two attached hydrogens (primary N) is 1. The molecule has 2 atom stereocenters. The number of ether oxygens (including phenoxy) is 1. The zero-order chi connectivity index (χ0) is 12.3. The summed E-state index contributed by atoms with van der Waals surface area (Å²) in [4.78, 5) is 0. The molecule has 0 bridgehead atoms. The van der Waals surface area contributed by atoms with Gasteiger partial charge in [0.2, 0.25) is 0 Å². The Bertz CT molecular complexity index is 352. The molecule has 1 aromatic carbocycles. The van der Waals surface area contributed by atoms with Crippen LogP contribution in [0.5, 0.6) is 5.75 Å². The van der Waals surface area contributed by atoms with Gasteiger partial charge in [0.25, 0.3) is 0 Å². The molecular weight excluding hydrogens is 223 g/mol. The number of hydrogen-bond donors (Lipinski definition) is 2. The molecule has 0 saturated carbocycles. The number of aliphatic hydroxyl groups is 1. The molecule has 0 saturated heterocycles. The molecule has 0 unspecified atom stereocenters. The first kappa shape index (κ1) is 12.8. The number of alkyl halides is 3. The standard InChI is InChI=1S/C10H12F3NO2/c1-6(15)9(14)7-3-2-4-8(5-7)16-10(11,12)13/h2-6,9,15H,14H2,1H3/t6-,9-/m1/s1. The molecule has 1 aromatic rings. The van der Waals surface area contributed by atoms with Gasteiger partial charge in [-0.05, 0) is 24.6 Å². The van der Waals surface area contributed by atoms with Gasteiger partial charge in [-0.1, -0.05) is 12.1 Å². The van der Waals surface area contributed by atoms with E-state index in [1.807, 2.05) is 0 Å². The maximum Gasteiger partial charge on any atom is 0.573 e. The minimum absolute atomic E-state index is 0.346. The Morgan fingerprint density at radius 1 is 1.38 bits per heavy atom. The topological polar surface area (TPSA) is 55.5 Å². The van der Waals surface area contributed by atoms with E-state index in [0.717, 1.165) is 6.07 Å². The molecule has 16 heavy (non-hydrogen) atoms. The first-order valence-corrected chi connectivity index (χ1v) is 4.59. The minimum Gasteiger partial charge on any atom is -0.406 e. The van der Waals surface area contributed by atoms with Crippen LogP contribution in [0.2, 0.25) is 0 Å². The lowest BCUT2D eigenvalue weighted by molar-refractivity contribution is -0.274. The van der Waals surface area contributed by atoms with Crippen molar-refractivity contribution in [2.75, 3.05) is 0 Å². The Balaban J connectivity index is 2.87. The first-order chi connectivity index (χ1) is 7.29. The van der Waals surface area contributed by atoms with E-state index in [2.05, 4.69) is 4.74 Å². The average Bonchev–Trinajstić information content (AvgIpc) is 2.14. The predicted octanol–water partition coefficient (Wildman–Crippen LogP) is 1.97. The van der Waals surface area contributed by atoms with Crippen LogP contribution < -0.4 is 10.5 Å². The largest absolute Gasteiger partial charge is 0.573 e. The third kappa shape index (κ3) is 3.71. The molecule has 0 radical (unpaired) electrons. The molecule has 0 aromatic heterocycles. The smallest absolute Gasteiger partial charge is 0.406 e. The van der Waals surface area contributed by atoms with Crippen LogP contribution in [-0.2, 0) is 0 Å². The Labute approximate surface area is 90.6 Å². The molecule has 0 heterocycles. The molecule has 3 nitrogen and oxygen atoms in total. The molecule has 1 rings (SSSR count). The van der Waals surface area contributed by atoms with Crippen molar-refractivity contribution in [3.8, 4) is 5.75 Å². The van der Waals surface area contributed by atoms with E-state index in [1.165, 1.54) is 25.1 Å². The van der Waals surface area contributed by atoms with Gasteiger partial charge in [-0.25, -0.2) is 0 Å². The van der Waals surface area contributed by atoms with Crippen LogP contribution in [0.1, 0.15) is 18.5 Å². The van der Waals surface area contributed by atoms with E-state index in [0.29, 0.717) is 5.56 Å². The maximum atomic E-state index is 11.9. The summed E-state index contributed by atoms with van der Waals surface area (Å²) in [5, 5.41) is 9.21. The van der Waals surface area contributed by atoms with Gasteiger partial charge in [0, 0.05) is 0 Å². The molecule has 6 heteroatoms. The van der Waals surface area contributed by atoms with Crippen LogP contribution in [0.15, 0.2) is 24.3 Å². The molecule has 90 valence electrons. The zero-order valence-electron chi connectivity index (χ0n) is 8.53. The fourth-order valence-corrected chi connectivity index (χ4v) is 1.20. The van der Waals surface area contributed by atoms with E-state index in [9.17, 15) is 18.3 Å². The van der Waals surface area contributed by atoms with E-state index >= 15 is 0 Å². The van der Waals surface area contributed by atoms with Crippen molar-refractivity contribution >= 4 is 0 Å². The minimum atomic E-state index is -4.73. The van der Waals surface area contributed by atoms with Gasteiger partial charge in [-0.15, -0.1) is 13.2 Å². The van der Waals surface area contributed by atoms with Gasteiger partial charge in [0.15, 0.2) is 0 Å². The SMILES string of the molecule is C[C@@H](O)[C@@H](N)c1cccc(OC(F)(F)F)c1. The second-order valence-corrected chi connectivity index (χ2v) is 3.39. The van der Waals surface area contributed by atoms with Crippen LogP contribution in [0.3, 0.4) is 0 Å². The summed E-state index contributed by atoms with van der Waals surface area (Å²) < 4.78 is 39.5. The highest BCUT2D eigenvalue weighted by molar-refractivity contribution is 5.31. The van der Waals surface area contributed by atoms with Gasteiger partial charge >= 0.3 is 6.36 Å². The highest BCUT2D eigenvalue weighted by atomic mass is 19.4.